The summed E-state index contributed by atoms with van der Waals surface area (Å²) in [5.41, 5.74) is 9.63. The number of amides is 1. The first-order chi connectivity index (χ1) is 12.1. The SMILES string of the molecule is COC(=O)Cc1ccc2nc3c([nH]c4ccccc43)c(C(N)=O)c2c1. The summed E-state index contributed by atoms with van der Waals surface area (Å²) in [6, 6.07) is 13.1. The lowest BCUT2D eigenvalue weighted by Gasteiger charge is -2.07. The molecule has 4 aromatic rings. The molecule has 1 amide bonds. The first kappa shape index (κ1) is 15.1. The van der Waals surface area contributed by atoms with Gasteiger partial charge in [0.2, 0.25) is 0 Å². The highest BCUT2D eigenvalue weighted by Gasteiger charge is 2.18. The summed E-state index contributed by atoms with van der Waals surface area (Å²) in [6.45, 7) is 0. The maximum atomic E-state index is 12.2. The molecule has 0 bridgehead atoms. The summed E-state index contributed by atoms with van der Waals surface area (Å²) in [6.07, 6.45) is 0.120. The van der Waals surface area contributed by atoms with Gasteiger partial charge in [-0.25, -0.2) is 4.98 Å². The van der Waals surface area contributed by atoms with Gasteiger partial charge in [-0.05, 0) is 23.8 Å². The van der Waals surface area contributed by atoms with Crippen molar-refractivity contribution in [3.63, 3.8) is 0 Å². The quantitative estimate of drug-likeness (QED) is 0.563. The first-order valence-corrected chi connectivity index (χ1v) is 7.78. The van der Waals surface area contributed by atoms with E-state index in [1.807, 2.05) is 24.3 Å². The fraction of sp³-hybridized carbons (Fsp3) is 0.105. The summed E-state index contributed by atoms with van der Waals surface area (Å²) in [7, 11) is 1.34. The van der Waals surface area contributed by atoms with Crippen molar-refractivity contribution in [1.29, 1.82) is 0 Å². The Kier molecular flexibility index (Phi) is 3.39. The van der Waals surface area contributed by atoms with Crippen LogP contribution in [0, 0.1) is 0 Å². The monoisotopic (exact) mass is 333 g/mol. The van der Waals surface area contributed by atoms with Gasteiger partial charge in [-0.15, -0.1) is 0 Å². The second-order valence-electron chi connectivity index (χ2n) is 5.85. The Labute approximate surface area is 142 Å². The molecule has 0 saturated carbocycles. The number of aromatic nitrogens is 2. The van der Waals surface area contributed by atoms with Gasteiger partial charge in [0.25, 0.3) is 5.91 Å². The third-order valence-electron chi connectivity index (χ3n) is 4.31. The molecular weight excluding hydrogens is 318 g/mol. The molecule has 0 unspecified atom stereocenters. The lowest BCUT2D eigenvalue weighted by atomic mass is 10.0. The van der Waals surface area contributed by atoms with Gasteiger partial charge in [-0.1, -0.05) is 24.3 Å². The average molecular weight is 333 g/mol. The maximum Gasteiger partial charge on any atom is 0.309 e. The van der Waals surface area contributed by atoms with Gasteiger partial charge in [-0.3, -0.25) is 9.59 Å². The number of pyridine rings is 1. The van der Waals surface area contributed by atoms with Crippen molar-refractivity contribution < 1.29 is 14.3 Å². The van der Waals surface area contributed by atoms with E-state index in [0.717, 1.165) is 16.5 Å². The zero-order chi connectivity index (χ0) is 17.6. The summed E-state index contributed by atoms with van der Waals surface area (Å²) in [4.78, 5) is 31.6. The number of fused-ring (bicyclic) bond motifs is 4. The number of carbonyl (C=O) groups excluding carboxylic acids is 2. The van der Waals surface area contributed by atoms with Crippen LogP contribution >= 0.6 is 0 Å². The number of methoxy groups -OCH3 is 1. The largest absolute Gasteiger partial charge is 0.469 e. The molecule has 0 fully saturated rings. The van der Waals surface area contributed by atoms with Gasteiger partial charge < -0.3 is 15.5 Å². The molecule has 0 spiro atoms. The highest BCUT2D eigenvalue weighted by Crippen LogP contribution is 2.31. The van der Waals surface area contributed by atoms with Gasteiger partial charge in [0.1, 0.15) is 0 Å². The molecule has 6 heteroatoms. The number of benzene rings is 2. The minimum absolute atomic E-state index is 0.120. The van der Waals surface area contributed by atoms with Crippen LogP contribution in [0.4, 0.5) is 0 Å². The van der Waals surface area contributed by atoms with Gasteiger partial charge in [0, 0.05) is 16.3 Å². The average Bonchev–Trinajstić information content (AvgIpc) is 2.97. The highest BCUT2D eigenvalue weighted by atomic mass is 16.5. The van der Waals surface area contributed by atoms with E-state index in [1.54, 1.807) is 18.2 Å². The van der Waals surface area contributed by atoms with Crippen molar-refractivity contribution in [2.75, 3.05) is 7.11 Å². The van der Waals surface area contributed by atoms with E-state index in [4.69, 9.17) is 15.5 Å². The number of H-pyrrole nitrogens is 1. The number of ether oxygens (including phenoxy) is 1. The minimum atomic E-state index is -0.542. The molecule has 0 saturated heterocycles. The summed E-state index contributed by atoms with van der Waals surface area (Å²) in [5, 5.41) is 1.55. The normalized spacial score (nSPS) is 11.2. The van der Waals surface area contributed by atoms with Crippen molar-refractivity contribution in [3.05, 3.63) is 53.6 Å². The van der Waals surface area contributed by atoms with Crippen molar-refractivity contribution in [2.24, 2.45) is 5.73 Å². The Morgan fingerprint density at radius 2 is 1.96 bits per heavy atom. The number of nitrogens with one attached hydrogen (secondary N) is 1. The molecule has 0 aliphatic rings. The number of carbonyl (C=O) groups is 2. The van der Waals surface area contributed by atoms with E-state index >= 15 is 0 Å². The number of aromatic amines is 1. The van der Waals surface area contributed by atoms with Crippen LogP contribution in [0.15, 0.2) is 42.5 Å². The van der Waals surface area contributed by atoms with Crippen LogP contribution in [-0.4, -0.2) is 29.0 Å². The number of primary amides is 1. The Bertz CT molecular complexity index is 1160. The lowest BCUT2D eigenvalue weighted by molar-refractivity contribution is -0.139. The minimum Gasteiger partial charge on any atom is -0.469 e. The van der Waals surface area contributed by atoms with E-state index < -0.39 is 5.91 Å². The molecule has 25 heavy (non-hydrogen) atoms. The van der Waals surface area contributed by atoms with Gasteiger partial charge in [0.05, 0.1) is 35.6 Å². The van der Waals surface area contributed by atoms with Crippen LogP contribution in [0.25, 0.3) is 32.8 Å². The molecular formula is C19H15N3O3. The van der Waals surface area contributed by atoms with Crippen LogP contribution in [0.5, 0.6) is 0 Å². The molecule has 0 aliphatic carbocycles. The molecule has 0 aliphatic heterocycles. The number of hydrogen-bond acceptors (Lipinski definition) is 4. The topological polar surface area (TPSA) is 98.1 Å². The second-order valence-corrected chi connectivity index (χ2v) is 5.85. The van der Waals surface area contributed by atoms with E-state index in [9.17, 15) is 9.59 Å². The van der Waals surface area contributed by atoms with Crippen molar-refractivity contribution in [2.45, 2.75) is 6.42 Å². The van der Waals surface area contributed by atoms with Crippen LogP contribution < -0.4 is 5.73 Å². The Morgan fingerprint density at radius 1 is 1.16 bits per heavy atom. The molecule has 0 atom stereocenters. The van der Waals surface area contributed by atoms with Crippen LogP contribution in [0.2, 0.25) is 0 Å². The van der Waals surface area contributed by atoms with Gasteiger partial charge in [0.15, 0.2) is 0 Å². The number of hydrogen-bond donors (Lipinski definition) is 2. The van der Waals surface area contributed by atoms with E-state index in [1.165, 1.54) is 7.11 Å². The first-order valence-electron chi connectivity index (χ1n) is 7.78. The zero-order valence-corrected chi connectivity index (χ0v) is 13.5. The second kappa shape index (κ2) is 5.59. The standard InChI is InChI=1S/C19H15N3O3/c1-25-15(23)9-10-6-7-14-12(8-10)16(19(20)24)18-17(21-14)11-4-2-3-5-13(11)22-18/h2-8,22H,9H2,1H3,(H2,20,24). The molecule has 2 heterocycles. The molecule has 0 radical (unpaired) electrons. The van der Waals surface area contributed by atoms with E-state index in [0.29, 0.717) is 27.5 Å². The summed E-state index contributed by atoms with van der Waals surface area (Å²) < 4.78 is 4.70. The molecule has 2 aromatic heterocycles. The fourth-order valence-electron chi connectivity index (χ4n) is 3.16. The third kappa shape index (κ3) is 2.39. The number of nitrogens with zero attached hydrogens (tertiary/aromatic N) is 1. The predicted molar refractivity (Wildman–Crippen MR) is 95.3 cm³/mol. The Morgan fingerprint density at radius 3 is 2.72 bits per heavy atom. The third-order valence-corrected chi connectivity index (χ3v) is 4.31. The number of para-hydroxylation sites is 1. The Hall–Kier alpha value is -3.41. The lowest BCUT2D eigenvalue weighted by Crippen LogP contribution is -2.13. The van der Waals surface area contributed by atoms with Crippen molar-refractivity contribution in [1.82, 2.24) is 9.97 Å². The van der Waals surface area contributed by atoms with Crippen LogP contribution in [0.1, 0.15) is 15.9 Å². The summed E-state index contributed by atoms with van der Waals surface area (Å²) >= 11 is 0. The zero-order valence-electron chi connectivity index (χ0n) is 13.5. The number of esters is 1. The molecule has 6 nitrogen and oxygen atoms in total. The van der Waals surface area contributed by atoms with Gasteiger partial charge >= 0.3 is 5.97 Å². The predicted octanol–water partition coefficient (Wildman–Crippen LogP) is 2.68. The molecule has 2 aromatic carbocycles. The maximum absolute atomic E-state index is 12.2. The van der Waals surface area contributed by atoms with Crippen LogP contribution in [0.3, 0.4) is 0 Å². The number of nitrogens with two attached hydrogens (primary N) is 1. The fourth-order valence-corrected chi connectivity index (χ4v) is 3.16. The highest BCUT2D eigenvalue weighted by molar-refractivity contribution is 6.20. The Balaban J connectivity index is 2.07. The van der Waals surface area contributed by atoms with Gasteiger partial charge in [-0.2, -0.15) is 0 Å². The van der Waals surface area contributed by atoms with E-state index in [-0.39, 0.29) is 12.4 Å². The molecule has 4 rings (SSSR count). The molecule has 124 valence electrons. The van der Waals surface area contributed by atoms with E-state index in [2.05, 4.69) is 4.98 Å². The summed E-state index contributed by atoms with van der Waals surface area (Å²) in [5.74, 6) is -0.890. The smallest absolute Gasteiger partial charge is 0.309 e. The van der Waals surface area contributed by atoms with Crippen LogP contribution in [-0.2, 0) is 16.0 Å². The molecule has 3 N–H and O–H groups in total. The number of rotatable bonds is 3. The van der Waals surface area contributed by atoms with Crippen molar-refractivity contribution >= 4 is 44.7 Å². The van der Waals surface area contributed by atoms with Crippen molar-refractivity contribution in [3.8, 4) is 0 Å².